The molecule has 10 heteroatoms. The van der Waals surface area contributed by atoms with Crippen LogP contribution in [0.2, 0.25) is 5.15 Å². The van der Waals surface area contributed by atoms with Crippen molar-refractivity contribution in [2.75, 3.05) is 23.3 Å². The second-order valence-electron chi connectivity index (χ2n) is 9.35. The van der Waals surface area contributed by atoms with E-state index in [0.29, 0.717) is 22.5 Å². The minimum Gasteiger partial charge on any atom is -0.476 e. The SMILES string of the molecule is Cc1cc([C@@H](C)Nc2ccc(Cl)nc2C(=O)O)c2nc(N3CC4(CC(O)C4)C3)c(C#N)nc2c1. The molecule has 3 aromatic rings. The van der Waals surface area contributed by atoms with Crippen LogP contribution in [0.1, 0.15) is 53.1 Å². The first-order chi connectivity index (χ1) is 16.2. The van der Waals surface area contributed by atoms with Crippen LogP contribution in [-0.2, 0) is 0 Å². The quantitative estimate of drug-likeness (QED) is 0.469. The van der Waals surface area contributed by atoms with E-state index in [9.17, 15) is 20.3 Å². The van der Waals surface area contributed by atoms with Crippen LogP contribution in [0.15, 0.2) is 24.3 Å². The first-order valence-corrected chi connectivity index (χ1v) is 11.4. The van der Waals surface area contributed by atoms with E-state index in [1.165, 1.54) is 6.07 Å². The molecule has 0 bridgehead atoms. The zero-order valence-corrected chi connectivity index (χ0v) is 19.5. The van der Waals surface area contributed by atoms with Crippen LogP contribution < -0.4 is 10.2 Å². The summed E-state index contributed by atoms with van der Waals surface area (Å²) < 4.78 is 0. The molecule has 1 atom stereocenters. The number of carbonyl (C=O) groups is 1. The molecule has 0 unspecified atom stereocenters. The number of nitrogens with one attached hydrogen (secondary N) is 1. The fraction of sp³-hybridized carbons (Fsp3) is 0.375. The van der Waals surface area contributed by atoms with E-state index >= 15 is 0 Å². The molecule has 174 valence electrons. The zero-order valence-electron chi connectivity index (χ0n) is 18.7. The molecular weight excluding hydrogens is 456 g/mol. The Kier molecular flexibility index (Phi) is 5.30. The lowest BCUT2D eigenvalue weighted by atomic mass is 9.62. The third-order valence-electron chi connectivity index (χ3n) is 6.62. The van der Waals surface area contributed by atoms with E-state index < -0.39 is 5.97 Å². The lowest BCUT2D eigenvalue weighted by Crippen LogP contribution is -2.64. The summed E-state index contributed by atoms with van der Waals surface area (Å²) in [5.41, 5.74) is 3.59. The summed E-state index contributed by atoms with van der Waals surface area (Å²) in [5.74, 6) is -0.640. The number of aryl methyl sites for hydroxylation is 1. The molecule has 2 fully saturated rings. The van der Waals surface area contributed by atoms with Gasteiger partial charge in [-0.2, -0.15) is 5.26 Å². The maximum atomic E-state index is 11.7. The van der Waals surface area contributed by atoms with Crippen molar-refractivity contribution in [3.05, 3.63) is 51.9 Å². The van der Waals surface area contributed by atoms with Gasteiger partial charge in [-0.05, 0) is 50.5 Å². The highest BCUT2D eigenvalue weighted by atomic mass is 35.5. The number of pyridine rings is 1. The smallest absolute Gasteiger partial charge is 0.356 e. The Morgan fingerprint density at radius 1 is 1.29 bits per heavy atom. The molecule has 34 heavy (non-hydrogen) atoms. The monoisotopic (exact) mass is 478 g/mol. The molecule has 3 N–H and O–H groups in total. The molecule has 2 aliphatic rings. The molecule has 1 saturated carbocycles. The maximum Gasteiger partial charge on any atom is 0.356 e. The lowest BCUT2D eigenvalue weighted by Gasteiger charge is -2.58. The number of aliphatic hydroxyl groups excluding tert-OH is 1. The molecule has 1 saturated heterocycles. The molecule has 1 aliphatic carbocycles. The van der Waals surface area contributed by atoms with Crippen molar-refractivity contribution in [1.82, 2.24) is 15.0 Å². The average molecular weight is 479 g/mol. The van der Waals surface area contributed by atoms with Crippen molar-refractivity contribution in [2.24, 2.45) is 5.41 Å². The maximum absolute atomic E-state index is 11.7. The fourth-order valence-electron chi connectivity index (χ4n) is 5.09. The van der Waals surface area contributed by atoms with Crippen LogP contribution in [0.25, 0.3) is 11.0 Å². The van der Waals surface area contributed by atoms with Crippen molar-refractivity contribution in [1.29, 1.82) is 5.26 Å². The number of anilines is 2. The van der Waals surface area contributed by atoms with Gasteiger partial charge in [-0.3, -0.25) is 0 Å². The van der Waals surface area contributed by atoms with E-state index in [1.54, 1.807) is 6.07 Å². The Bertz CT molecular complexity index is 1360. The standard InChI is InChI=1S/C24H23ClN6O3/c1-12-5-15(13(2)27-16-3-4-19(25)29-21(16)23(33)34)20-17(6-12)28-18(9-26)22(30-20)31-10-24(11-31)7-14(32)8-24/h3-6,13-14,27,32H,7-8,10-11H2,1-2H3,(H,33,34)/t13-/m1/s1. The first kappa shape index (κ1) is 22.3. The zero-order chi connectivity index (χ0) is 24.2. The number of carboxylic acids is 1. The van der Waals surface area contributed by atoms with Gasteiger partial charge >= 0.3 is 5.97 Å². The number of hydrogen-bond donors (Lipinski definition) is 3. The van der Waals surface area contributed by atoms with Gasteiger partial charge in [0.2, 0.25) is 0 Å². The van der Waals surface area contributed by atoms with E-state index in [0.717, 1.165) is 37.1 Å². The molecule has 0 amide bonds. The summed E-state index contributed by atoms with van der Waals surface area (Å²) in [4.78, 5) is 27.1. The summed E-state index contributed by atoms with van der Waals surface area (Å²) in [6, 6.07) is 8.83. The number of halogens is 1. The van der Waals surface area contributed by atoms with Gasteiger partial charge in [0.05, 0.1) is 28.9 Å². The number of rotatable bonds is 5. The van der Waals surface area contributed by atoms with Crippen molar-refractivity contribution in [3.63, 3.8) is 0 Å². The van der Waals surface area contributed by atoms with Crippen molar-refractivity contribution >= 4 is 40.1 Å². The molecular formula is C24H23ClN6O3. The van der Waals surface area contributed by atoms with Crippen LogP contribution in [0.4, 0.5) is 11.5 Å². The number of aromatic carboxylic acids is 1. The Morgan fingerprint density at radius 2 is 2.03 bits per heavy atom. The first-order valence-electron chi connectivity index (χ1n) is 11.0. The van der Waals surface area contributed by atoms with E-state index in [-0.39, 0.29) is 34.1 Å². The number of fused-ring (bicyclic) bond motifs is 1. The number of carboxylic acid groups (broad SMARTS) is 1. The van der Waals surface area contributed by atoms with Gasteiger partial charge in [0, 0.05) is 24.1 Å². The van der Waals surface area contributed by atoms with Gasteiger partial charge in [-0.15, -0.1) is 0 Å². The van der Waals surface area contributed by atoms with Gasteiger partial charge < -0.3 is 20.4 Å². The third-order valence-corrected chi connectivity index (χ3v) is 6.83. The van der Waals surface area contributed by atoms with Crippen LogP contribution in [0, 0.1) is 23.7 Å². The number of nitriles is 1. The normalized spacial score (nSPS) is 17.7. The molecule has 5 rings (SSSR count). The third kappa shape index (κ3) is 3.79. The number of hydrogen-bond acceptors (Lipinski definition) is 8. The summed E-state index contributed by atoms with van der Waals surface area (Å²) in [7, 11) is 0. The summed E-state index contributed by atoms with van der Waals surface area (Å²) in [5, 5.41) is 32.3. The minimum absolute atomic E-state index is 0.0995. The number of benzene rings is 1. The Labute approximate surface area is 201 Å². The largest absolute Gasteiger partial charge is 0.476 e. The molecule has 9 nitrogen and oxygen atoms in total. The Morgan fingerprint density at radius 3 is 2.68 bits per heavy atom. The van der Waals surface area contributed by atoms with E-state index in [2.05, 4.69) is 21.4 Å². The highest BCUT2D eigenvalue weighted by Gasteiger charge is 2.52. The molecule has 2 aromatic heterocycles. The molecule has 3 heterocycles. The predicted molar refractivity (Wildman–Crippen MR) is 127 cm³/mol. The Hall–Kier alpha value is -3.48. The van der Waals surface area contributed by atoms with Crippen LogP contribution in [-0.4, -0.2) is 50.3 Å². The van der Waals surface area contributed by atoms with E-state index in [1.807, 2.05) is 30.9 Å². The van der Waals surface area contributed by atoms with Crippen LogP contribution in [0.3, 0.4) is 0 Å². The highest BCUT2D eigenvalue weighted by molar-refractivity contribution is 6.29. The summed E-state index contributed by atoms with van der Waals surface area (Å²) in [6.45, 7) is 5.33. The number of aromatic nitrogens is 3. The minimum atomic E-state index is -1.18. The van der Waals surface area contributed by atoms with Gasteiger partial charge in [0.15, 0.2) is 17.2 Å². The molecule has 1 aromatic carbocycles. The highest BCUT2D eigenvalue weighted by Crippen LogP contribution is 2.49. The second-order valence-corrected chi connectivity index (χ2v) is 9.74. The second kappa shape index (κ2) is 8.08. The molecule has 1 aliphatic heterocycles. The van der Waals surface area contributed by atoms with Crippen molar-refractivity contribution in [2.45, 2.75) is 38.8 Å². The number of aliphatic hydroxyl groups is 1. The van der Waals surface area contributed by atoms with E-state index in [4.69, 9.17) is 16.6 Å². The van der Waals surface area contributed by atoms with Gasteiger partial charge in [-0.1, -0.05) is 17.7 Å². The van der Waals surface area contributed by atoms with Crippen molar-refractivity contribution in [3.8, 4) is 6.07 Å². The summed E-state index contributed by atoms with van der Waals surface area (Å²) in [6.07, 6.45) is 1.32. The summed E-state index contributed by atoms with van der Waals surface area (Å²) >= 11 is 5.89. The van der Waals surface area contributed by atoms with Crippen LogP contribution >= 0.6 is 11.6 Å². The van der Waals surface area contributed by atoms with Gasteiger partial charge in [0.1, 0.15) is 11.2 Å². The lowest BCUT2D eigenvalue weighted by molar-refractivity contribution is -0.0494. The Balaban J connectivity index is 1.52. The average Bonchev–Trinajstić information content (AvgIpc) is 2.74. The van der Waals surface area contributed by atoms with Gasteiger partial charge in [-0.25, -0.2) is 19.7 Å². The fourth-order valence-corrected chi connectivity index (χ4v) is 5.23. The number of nitrogens with zero attached hydrogens (tertiary/aromatic N) is 5. The molecule has 1 spiro atoms. The molecule has 0 radical (unpaired) electrons. The van der Waals surface area contributed by atoms with Crippen LogP contribution in [0.5, 0.6) is 0 Å². The van der Waals surface area contributed by atoms with Gasteiger partial charge in [0.25, 0.3) is 0 Å². The predicted octanol–water partition coefficient (Wildman–Crippen LogP) is 3.69. The van der Waals surface area contributed by atoms with Crippen molar-refractivity contribution < 1.29 is 15.0 Å². The topological polar surface area (TPSA) is 135 Å².